The summed E-state index contributed by atoms with van der Waals surface area (Å²) in [5.41, 5.74) is 6.50. The summed E-state index contributed by atoms with van der Waals surface area (Å²) in [5, 5.41) is 0. The van der Waals surface area contributed by atoms with E-state index in [4.69, 9.17) is 5.73 Å². The molecule has 2 fully saturated rings. The van der Waals surface area contributed by atoms with Gasteiger partial charge in [0, 0.05) is 12.1 Å². The predicted molar refractivity (Wildman–Crippen MR) is 73.5 cm³/mol. The molecule has 0 bridgehead atoms. The average molecular weight is 258 g/mol. The van der Waals surface area contributed by atoms with Crippen LogP contribution in [0.1, 0.15) is 38.5 Å². The molecular weight excluding hydrogens is 240 g/mol. The number of benzene rings is 1. The quantitative estimate of drug-likeness (QED) is 0.621. The second-order valence-electron chi connectivity index (χ2n) is 5.64. The van der Waals surface area contributed by atoms with E-state index in [1.54, 1.807) is 24.3 Å². The first-order chi connectivity index (χ1) is 9.12. The van der Waals surface area contributed by atoms with Crippen molar-refractivity contribution in [2.24, 2.45) is 5.41 Å². The number of imide groups is 1. The Labute approximate surface area is 112 Å². The van der Waals surface area contributed by atoms with Gasteiger partial charge in [0.2, 0.25) is 11.8 Å². The normalized spacial score (nSPS) is 22.2. The van der Waals surface area contributed by atoms with Crippen LogP contribution >= 0.6 is 0 Å². The van der Waals surface area contributed by atoms with Crippen molar-refractivity contribution in [3.63, 3.8) is 0 Å². The molecule has 100 valence electrons. The Bertz CT molecular complexity index is 515. The van der Waals surface area contributed by atoms with Crippen molar-refractivity contribution in [1.82, 2.24) is 0 Å². The molecular formula is C15H18N2O2. The summed E-state index contributed by atoms with van der Waals surface area (Å²) in [5.74, 6) is -0.0846. The highest BCUT2D eigenvalue weighted by atomic mass is 16.2. The second kappa shape index (κ2) is 4.37. The van der Waals surface area contributed by atoms with Gasteiger partial charge >= 0.3 is 0 Å². The van der Waals surface area contributed by atoms with Crippen molar-refractivity contribution < 1.29 is 9.59 Å². The number of nitrogens with two attached hydrogens (primary N) is 1. The molecule has 4 heteroatoms. The van der Waals surface area contributed by atoms with Crippen LogP contribution in [0.3, 0.4) is 0 Å². The number of rotatable bonds is 1. The molecule has 1 spiro atoms. The van der Waals surface area contributed by atoms with Gasteiger partial charge in [0.15, 0.2) is 0 Å². The summed E-state index contributed by atoms with van der Waals surface area (Å²) in [7, 11) is 0. The summed E-state index contributed by atoms with van der Waals surface area (Å²) < 4.78 is 0. The maximum Gasteiger partial charge on any atom is 0.240 e. The minimum atomic E-state index is -0.420. The topological polar surface area (TPSA) is 63.4 Å². The van der Waals surface area contributed by atoms with Crippen molar-refractivity contribution in [3.05, 3.63) is 24.3 Å². The highest BCUT2D eigenvalue weighted by molar-refractivity contribution is 6.22. The van der Waals surface area contributed by atoms with E-state index >= 15 is 0 Å². The van der Waals surface area contributed by atoms with E-state index in [0.717, 1.165) is 25.7 Å². The van der Waals surface area contributed by atoms with E-state index in [2.05, 4.69) is 0 Å². The number of nitrogens with zero attached hydrogens (tertiary/aromatic N) is 1. The smallest absolute Gasteiger partial charge is 0.240 e. The van der Waals surface area contributed by atoms with Crippen LogP contribution in [-0.4, -0.2) is 11.8 Å². The SMILES string of the molecule is Nc1ccc(N2C(=O)CC3(CCCCC3)C2=O)cc1. The number of amides is 2. The van der Waals surface area contributed by atoms with Gasteiger partial charge in [-0.1, -0.05) is 19.3 Å². The van der Waals surface area contributed by atoms with Crippen LogP contribution in [0.25, 0.3) is 0 Å². The zero-order chi connectivity index (χ0) is 13.5. The third kappa shape index (κ3) is 1.91. The van der Waals surface area contributed by atoms with Gasteiger partial charge in [0.05, 0.1) is 11.1 Å². The maximum atomic E-state index is 12.7. The summed E-state index contributed by atoms with van der Waals surface area (Å²) in [6.45, 7) is 0. The lowest BCUT2D eigenvalue weighted by atomic mass is 9.73. The largest absolute Gasteiger partial charge is 0.399 e. The molecule has 1 aliphatic carbocycles. The maximum absolute atomic E-state index is 12.7. The number of carbonyl (C=O) groups excluding carboxylic acids is 2. The minimum absolute atomic E-state index is 0.0121. The van der Waals surface area contributed by atoms with Gasteiger partial charge in [-0.25, -0.2) is 0 Å². The molecule has 1 aliphatic heterocycles. The van der Waals surface area contributed by atoms with Crippen molar-refractivity contribution >= 4 is 23.2 Å². The van der Waals surface area contributed by atoms with E-state index in [0.29, 0.717) is 17.8 Å². The van der Waals surface area contributed by atoms with Crippen molar-refractivity contribution in [3.8, 4) is 0 Å². The molecule has 19 heavy (non-hydrogen) atoms. The number of carbonyl (C=O) groups is 2. The first-order valence-electron chi connectivity index (χ1n) is 6.85. The Morgan fingerprint density at radius 1 is 1.00 bits per heavy atom. The number of hydrogen-bond acceptors (Lipinski definition) is 3. The van der Waals surface area contributed by atoms with Crippen molar-refractivity contribution in [2.75, 3.05) is 10.6 Å². The van der Waals surface area contributed by atoms with Gasteiger partial charge in [-0.05, 0) is 37.1 Å². The number of nitrogen functional groups attached to an aromatic ring is 1. The van der Waals surface area contributed by atoms with Crippen molar-refractivity contribution in [1.29, 1.82) is 0 Å². The fourth-order valence-electron chi connectivity index (χ4n) is 3.30. The molecule has 0 aromatic heterocycles. The molecule has 3 rings (SSSR count). The number of hydrogen-bond donors (Lipinski definition) is 1. The van der Waals surface area contributed by atoms with Gasteiger partial charge in [0.25, 0.3) is 0 Å². The Kier molecular flexibility index (Phi) is 2.81. The first-order valence-corrected chi connectivity index (χ1v) is 6.85. The Hall–Kier alpha value is -1.84. The molecule has 2 amide bonds. The standard InChI is InChI=1S/C15H18N2O2/c16-11-4-6-12(7-5-11)17-13(18)10-15(14(17)19)8-2-1-3-9-15/h4-7H,1-3,8-10,16H2. The summed E-state index contributed by atoms with van der Waals surface area (Å²) in [4.78, 5) is 26.2. The summed E-state index contributed by atoms with van der Waals surface area (Å²) >= 11 is 0. The van der Waals surface area contributed by atoms with Crippen LogP contribution in [0.2, 0.25) is 0 Å². The van der Waals surface area contributed by atoms with Crippen LogP contribution in [0.15, 0.2) is 24.3 Å². The fraction of sp³-hybridized carbons (Fsp3) is 0.467. The lowest BCUT2D eigenvalue weighted by molar-refractivity contribution is -0.127. The van der Waals surface area contributed by atoms with Crippen molar-refractivity contribution in [2.45, 2.75) is 38.5 Å². The van der Waals surface area contributed by atoms with Gasteiger partial charge in [-0.3, -0.25) is 14.5 Å². The van der Waals surface area contributed by atoms with E-state index in [1.807, 2.05) is 0 Å². The van der Waals surface area contributed by atoms with Gasteiger partial charge in [-0.15, -0.1) is 0 Å². The van der Waals surface area contributed by atoms with Crippen LogP contribution in [0.4, 0.5) is 11.4 Å². The highest BCUT2D eigenvalue weighted by Crippen LogP contribution is 2.46. The highest BCUT2D eigenvalue weighted by Gasteiger charge is 2.51. The zero-order valence-electron chi connectivity index (χ0n) is 10.9. The average Bonchev–Trinajstić information content (AvgIpc) is 2.64. The molecule has 2 N–H and O–H groups in total. The second-order valence-corrected chi connectivity index (χ2v) is 5.64. The van der Waals surface area contributed by atoms with Crippen LogP contribution in [0, 0.1) is 5.41 Å². The third-order valence-corrected chi connectivity index (χ3v) is 4.36. The Morgan fingerprint density at radius 3 is 2.26 bits per heavy atom. The predicted octanol–water partition coefficient (Wildman–Crippen LogP) is 2.48. The summed E-state index contributed by atoms with van der Waals surface area (Å²) in [6, 6.07) is 6.93. The molecule has 1 heterocycles. The molecule has 0 unspecified atom stereocenters. The van der Waals surface area contributed by atoms with E-state index in [-0.39, 0.29) is 11.8 Å². The molecule has 1 saturated heterocycles. The molecule has 0 radical (unpaired) electrons. The lowest BCUT2D eigenvalue weighted by Crippen LogP contribution is -2.36. The molecule has 2 aliphatic rings. The number of anilines is 2. The monoisotopic (exact) mass is 258 g/mol. The van der Waals surface area contributed by atoms with E-state index in [1.165, 1.54) is 11.3 Å². The third-order valence-electron chi connectivity index (χ3n) is 4.36. The first kappa shape index (κ1) is 12.2. The minimum Gasteiger partial charge on any atom is -0.399 e. The van der Waals surface area contributed by atoms with Gasteiger partial charge in [0.1, 0.15) is 0 Å². The zero-order valence-corrected chi connectivity index (χ0v) is 10.9. The Morgan fingerprint density at radius 2 is 1.63 bits per heavy atom. The molecule has 4 nitrogen and oxygen atoms in total. The molecule has 1 aromatic rings. The van der Waals surface area contributed by atoms with E-state index < -0.39 is 5.41 Å². The van der Waals surface area contributed by atoms with Crippen LogP contribution in [-0.2, 0) is 9.59 Å². The van der Waals surface area contributed by atoms with Crippen LogP contribution in [0.5, 0.6) is 0 Å². The fourth-order valence-corrected chi connectivity index (χ4v) is 3.30. The lowest BCUT2D eigenvalue weighted by Gasteiger charge is -2.30. The van der Waals surface area contributed by atoms with Crippen LogP contribution < -0.4 is 10.6 Å². The van der Waals surface area contributed by atoms with Gasteiger partial charge < -0.3 is 5.73 Å². The van der Waals surface area contributed by atoms with E-state index in [9.17, 15) is 9.59 Å². The van der Waals surface area contributed by atoms with Gasteiger partial charge in [-0.2, -0.15) is 0 Å². The summed E-state index contributed by atoms with van der Waals surface area (Å²) in [6.07, 6.45) is 5.34. The molecule has 0 atom stereocenters. The molecule has 1 aromatic carbocycles. The Balaban J connectivity index is 1.92. The molecule has 1 saturated carbocycles.